The topological polar surface area (TPSA) is 92.7 Å². The zero-order valence-electron chi connectivity index (χ0n) is 20.4. The number of benzene rings is 2. The number of ether oxygens (including phenoxy) is 1. The summed E-state index contributed by atoms with van der Waals surface area (Å²) in [5.74, 6) is -1.86. The van der Waals surface area contributed by atoms with Crippen molar-refractivity contribution in [1.82, 2.24) is 14.3 Å². The van der Waals surface area contributed by atoms with Crippen molar-refractivity contribution in [1.29, 1.82) is 0 Å². The number of anilines is 1. The summed E-state index contributed by atoms with van der Waals surface area (Å²) in [5, 5.41) is 0.513. The summed E-state index contributed by atoms with van der Waals surface area (Å²) in [7, 11) is -2.67. The molecule has 198 valence electrons. The third-order valence-electron chi connectivity index (χ3n) is 6.46. The second-order valence-electron chi connectivity index (χ2n) is 8.87. The van der Waals surface area contributed by atoms with Gasteiger partial charge in [0.1, 0.15) is 22.3 Å². The summed E-state index contributed by atoms with van der Waals surface area (Å²) in [6.45, 7) is 0.260. The molecule has 8 nitrogen and oxygen atoms in total. The molecule has 1 saturated heterocycles. The van der Waals surface area contributed by atoms with Gasteiger partial charge >= 0.3 is 0 Å². The first-order chi connectivity index (χ1) is 18.3. The van der Waals surface area contributed by atoms with Crippen LogP contribution in [0.5, 0.6) is 5.75 Å². The lowest BCUT2D eigenvalue weighted by molar-refractivity contribution is -0.123. The second kappa shape index (κ2) is 10.7. The minimum atomic E-state index is -4.25. The number of carbonyl (C=O) groups excluding carboxylic acids is 1. The molecular formula is C26H24F2N4O4S2. The van der Waals surface area contributed by atoms with Gasteiger partial charge < -0.3 is 4.74 Å². The average molecular weight is 559 g/mol. The number of fused-ring (bicyclic) bond motifs is 1. The van der Waals surface area contributed by atoms with E-state index in [1.54, 1.807) is 36.5 Å². The van der Waals surface area contributed by atoms with E-state index in [4.69, 9.17) is 4.74 Å². The number of hydrogen-bond donors (Lipinski definition) is 0. The molecular weight excluding hydrogens is 534 g/mol. The van der Waals surface area contributed by atoms with Crippen molar-refractivity contribution in [2.75, 3.05) is 25.1 Å². The van der Waals surface area contributed by atoms with Gasteiger partial charge in [-0.1, -0.05) is 17.4 Å². The molecule has 38 heavy (non-hydrogen) atoms. The van der Waals surface area contributed by atoms with Crippen LogP contribution in [0.1, 0.15) is 18.4 Å². The Morgan fingerprint density at radius 3 is 2.66 bits per heavy atom. The number of carbonyl (C=O) groups is 1. The van der Waals surface area contributed by atoms with E-state index in [0.29, 0.717) is 22.5 Å². The predicted molar refractivity (Wildman–Crippen MR) is 139 cm³/mol. The van der Waals surface area contributed by atoms with Crippen LogP contribution in [0.3, 0.4) is 0 Å². The van der Waals surface area contributed by atoms with E-state index >= 15 is 0 Å². The molecule has 4 aromatic rings. The SMILES string of the molecule is COc1ccc2sc(N(Cc3cccnc3)C(=O)C3CCN(S(=O)(=O)c4cc(F)ccc4F)CC3)nc2c1. The Kier molecular flexibility index (Phi) is 7.37. The number of nitrogens with zero attached hydrogens (tertiary/aromatic N) is 4. The number of piperidine rings is 1. The third-order valence-corrected chi connectivity index (χ3v) is 9.43. The highest BCUT2D eigenvalue weighted by Crippen LogP contribution is 2.34. The number of thiazole rings is 1. The van der Waals surface area contributed by atoms with E-state index in [2.05, 4.69) is 9.97 Å². The Hall–Kier alpha value is -3.48. The molecule has 0 spiro atoms. The smallest absolute Gasteiger partial charge is 0.246 e. The van der Waals surface area contributed by atoms with Crippen molar-refractivity contribution in [3.63, 3.8) is 0 Å². The maximum atomic E-state index is 14.2. The van der Waals surface area contributed by atoms with Crippen molar-refractivity contribution >= 4 is 42.6 Å². The maximum absolute atomic E-state index is 14.2. The number of rotatable bonds is 7. The minimum Gasteiger partial charge on any atom is -0.497 e. The van der Waals surface area contributed by atoms with Gasteiger partial charge in [-0.15, -0.1) is 0 Å². The molecule has 0 aliphatic carbocycles. The van der Waals surface area contributed by atoms with Gasteiger partial charge in [-0.05, 0) is 54.8 Å². The molecule has 2 aromatic heterocycles. The highest BCUT2D eigenvalue weighted by molar-refractivity contribution is 7.89. The number of methoxy groups -OCH3 is 1. The summed E-state index contributed by atoms with van der Waals surface area (Å²) in [5.41, 5.74) is 1.52. The molecule has 1 aliphatic heterocycles. The fourth-order valence-electron chi connectivity index (χ4n) is 4.43. The largest absolute Gasteiger partial charge is 0.497 e. The molecule has 5 rings (SSSR count). The molecule has 0 unspecified atom stereocenters. The summed E-state index contributed by atoms with van der Waals surface area (Å²) < 4.78 is 61.1. The number of pyridine rings is 1. The molecule has 0 radical (unpaired) electrons. The first-order valence-corrected chi connectivity index (χ1v) is 14.1. The highest BCUT2D eigenvalue weighted by Gasteiger charge is 2.36. The molecule has 0 N–H and O–H groups in total. The van der Waals surface area contributed by atoms with Gasteiger partial charge in [-0.3, -0.25) is 14.7 Å². The molecule has 0 atom stereocenters. The monoisotopic (exact) mass is 558 g/mol. The Labute approximate surface area is 222 Å². The zero-order chi connectivity index (χ0) is 26.9. The van der Waals surface area contributed by atoms with E-state index in [1.807, 2.05) is 18.2 Å². The second-order valence-corrected chi connectivity index (χ2v) is 11.8. The number of halogens is 2. The molecule has 2 aromatic carbocycles. The molecule has 3 heterocycles. The van der Waals surface area contributed by atoms with Gasteiger partial charge in [-0.25, -0.2) is 22.2 Å². The van der Waals surface area contributed by atoms with Crippen LogP contribution in [0.25, 0.3) is 10.2 Å². The van der Waals surface area contributed by atoms with E-state index in [9.17, 15) is 22.0 Å². The zero-order valence-corrected chi connectivity index (χ0v) is 22.0. The summed E-state index contributed by atoms with van der Waals surface area (Å²) in [6.07, 6.45) is 3.80. The molecule has 12 heteroatoms. The van der Waals surface area contributed by atoms with Crippen molar-refractivity contribution in [3.8, 4) is 5.75 Å². The minimum absolute atomic E-state index is 0.00642. The lowest BCUT2D eigenvalue weighted by Gasteiger charge is -2.33. The van der Waals surface area contributed by atoms with Crippen LogP contribution in [0.15, 0.2) is 65.8 Å². The van der Waals surface area contributed by atoms with Crippen LogP contribution < -0.4 is 9.64 Å². The van der Waals surface area contributed by atoms with Crippen LogP contribution in [0.2, 0.25) is 0 Å². The Morgan fingerprint density at radius 2 is 1.95 bits per heavy atom. The summed E-state index contributed by atoms with van der Waals surface area (Å²) in [6, 6.07) is 11.5. The van der Waals surface area contributed by atoms with Crippen molar-refractivity contribution in [2.24, 2.45) is 5.92 Å². The normalized spacial score (nSPS) is 15.0. The first-order valence-electron chi connectivity index (χ1n) is 11.9. The molecule has 1 amide bonds. The van der Waals surface area contributed by atoms with Gasteiger partial charge in [0.2, 0.25) is 15.9 Å². The number of hydrogen-bond acceptors (Lipinski definition) is 7. The first kappa shape index (κ1) is 26.1. The Morgan fingerprint density at radius 1 is 1.16 bits per heavy atom. The highest BCUT2D eigenvalue weighted by atomic mass is 32.2. The molecule has 1 aliphatic rings. The average Bonchev–Trinajstić information content (AvgIpc) is 3.36. The van der Waals surface area contributed by atoms with Gasteiger partial charge in [0.25, 0.3) is 0 Å². The molecule has 0 bridgehead atoms. The Balaban J connectivity index is 1.38. The third kappa shape index (κ3) is 5.24. The lowest BCUT2D eigenvalue weighted by Crippen LogP contribution is -2.44. The Bertz CT molecular complexity index is 1570. The van der Waals surface area contributed by atoms with E-state index in [1.165, 1.54) is 11.3 Å². The van der Waals surface area contributed by atoms with Crippen molar-refractivity contribution in [3.05, 3.63) is 78.1 Å². The van der Waals surface area contributed by atoms with E-state index in [-0.39, 0.29) is 38.4 Å². The predicted octanol–water partition coefficient (Wildman–Crippen LogP) is 4.61. The standard InChI is InChI=1S/C26H24F2N4O4S2/c1-36-20-5-7-23-22(14-20)30-26(37-23)32(16-17-3-2-10-29-15-17)25(33)18-8-11-31(12-9-18)38(34,35)24-13-19(27)4-6-21(24)28/h2-7,10,13-15,18H,8-9,11-12,16H2,1H3. The maximum Gasteiger partial charge on any atom is 0.246 e. The van der Waals surface area contributed by atoms with Crippen LogP contribution >= 0.6 is 11.3 Å². The van der Waals surface area contributed by atoms with Crippen LogP contribution in [0.4, 0.5) is 13.9 Å². The lowest BCUT2D eigenvalue weighted by atomic mass is 9.96. The quantitative estimate of drug-likeness (QED) is 0.329. The number of amides is 1. The van der Waals surface area contributed by atoms with Crippen LogP contribution in [0, 0.1) is 17.6 Å². The van der Waals surface area contributed by atoms with Crippen molar-refractivity contribution in [2.45, 2.75) is 24.3 Å². The van der Waals surface area contributed by atoms with Gasteiger partial charge in [0, 0.05) is 37.5 Å². The molecule has 1 fully saturated rings. The fraction of sp³-hybridized carbons (Fsp3) is 0.269. The number of sulfonamides is 1. The van der Waals surface area contributed by atoms with Gasteiger partial charge in [0.15, 0.2) is 5.13 Å². The fourth-order valence-corrected chi connectivity index (χ4v) is 6.93. The molecule has 0 saturated carbocycles. The van der Waals surface area contributed by atoms with Crippen LogP contribution in [-0.4, -0.2) is 48.8 Å². The van der Waals surface area contributed by atoms with Gasteiger partial charge in [0.05, 0.1) is 23.9 Å². The van der Waals surface area contributed by atoms with E-state index in [0.717, 1.165) is 26.7 Å². The van der Waals surface area contributed by atoms with Crippen LogP contribution in [-0.2, 0) is 21.4 Å². The number of aromatic nitrogens is 2. The summed E-state index contributed by atoms with van der Waals surface area (Å²) >= 11 is 1.38. The van der Waals surface area contributed by atoms with Crippen molar-refractivity contribution < 1.29 is 26.7 Å². The van der Waals surface area contributed by atoms with Gasteiger partial charge in [-0.2, -0.15) is 4.31 Å². The summed E-state index contributed by atoms with van der Waals surface area (Å²) in [4.78, 5) is 23.5. The van der Waals surface area contributed by atoms with E-state index < -0.39 is 32.5 Å².